The maximum Gasteiger partial charge on any atom is 0.191 e. The number of benzene rings is 2. The zero-order chi connectivity index (χ0) is 18.1. The van der Waals surface area contributed by atoms with E-state index in [1.165, 1.54) is 23.3 Å². The van der Waals surface area contributed by atoms with Gasteiger partial charge in [-0.1, -0.05) is 43.3 Å². The topological polar surface area (TPSA) is 39.7 Å². The molecule has 0 spiro atoms. The minimum absolute atomic E-state index is 0. The van der Waals surface area contributed by atoms with Crippen LogP contribution in [0.5, 0.6) is 0 Å². The fourth-order valence-electron chi connectivity index (χ4n) is 2.46. The Morgan fingerprint density at radius 3 is 2.23 bits per heavy atom. The predicted molar refractivity (Wildman–Crippen MR) is 117 cm³/mol. The number of nitrogens with one attached hydrogen (secondary N) is 2. The van der Waals surface area contributed by atoms with Gasteiger partial charge in [-0.15, -0.1) is 24.0 Å². The van der Waals surface area contributed by atoms with E-state index in [4.69, 9.17) is 0 Å². The van der Waals surface area contributed by atoms with Crippen LogP contribution in [-0.4, -0.2) is 31.5 Å². The molecule has 0 amide bonds. The van der Waals surface area contributed by atoms with Crippen molar-refractivity contribution in [1.82, 2.24) is 15.5 Å². The Labute approximate surface area is 172 Å². The molecule has 26 heavy (non-hydrogen) atoms. The molecule has 0 unspecified atom stereocenters. The van der Waals surface area contributed by atoms with Gasteiger partial charge >= 0.3 is 0 Å². The largest absolute Gasteiger partial charge is 0.352 e. The van der Waals surface area contributed by atoms with E-state index < -0.39 is 0 Å². The third-order valence-corrected chi connectivity index (χ3v) is 4.04. The fourth-order valence-corrected chi connectivity index (χ4v) is 2.46. The van der Waals surface area contributed by atoms with Crippen molar-refractivity contribution < 1.29 is 4.39 Å². The number of halogens is 2. The minimum Gasteiger partial charge on any atom is -0.352 e. The molecule has 0 saturated carbocycles. The van der Waals surface area contributed by atoms with Gasteiger partial charge < -0.3 is 15.5 Å². The molecule has 2 aromatic rings. The summed E-state index contributed by atoms with van der Waals surface area (Å²) in [6.07, 6.45) is 0. The molecular weight excluding hydrogens is 442 g/mol. The smallest absolute Gasteiger partial charge is 0.191 e. The molecule has 0 bridgehead atoms. The summed E-state index contributed by atoms with van der Waals surface area (Å²) < 4.78 is 12.9. The van der Waals surface area contributed by atoms with Crippen molar-refractivity contribution in [2.75, 3.05) is 20.6 Å². The first-order chi connectivity index (χ1) is 12.1. The molecule has 0 saturated heterocycles. The predicted octanol–water partition coefficient (Wildman–Crippen LogP) is 3.76. The first-order valence-corrected chi connectivity index (χ1v) is 8.56. The van der Waals surface area contributed by atoms with E-state index >= 15 is 0 Å². The van der Waals surface area contributed by atoms with Gasteiger partial charge in [0, 0.05) is 26.7 Å². The van der Waals surface area contributed by atoms with E-state index in [-0.39, 0.29) is 29.8 Å². The Morgan fingerprint density at radius 2 is 1.62 bits per heavy atom. The van der Waals surface area contributed by atoms with Crippen LogP contribution in [0.3, 0.4) is 0 Å². The Bertz CT molecular complexity index is 688. The summed E-state index contributed by atoms with van der Waals surface area (Å²) in [7, 11) is 3.86. The van der Waals surface area contributed by atoms with Gasteiger partial charge in [-0.05, 0) is 42.4 Å². The molecule has 0 heterocycles. The maximum absolute atomic E-state index is 12.9. The second-order valence-corrected chi connectivity index (χ2v) is 6.06. The Kier molecular flexibility index (Phi) is 10.2. The van der Waals surface area contributed by atoms with Crippen LogP contribution in [0.2, 0.25) is 0 Å². The average Bonchev–Trinajstić information content (AvgIpc) is 2.63. The Morgan fingerprint density at radius 1 is 1.00 bits per heavy atom. The van der Waals surface area contributed by atoms with Gasteiger partial charge in [0.2, 0.25) is 0 Å². The van der Waals surface area contributed by atoms with E-state index in [0.717, 1.165) is 24.6 Å². The Balaban J connectivity index is 0.00000338. The number of nitrogens with zero attached hydrogens (tertiary/aromatic N) is 2. The molecule has 4 nitrogen and oxygen atoms in total. The van der Waals surface area contributed by atoms with Gasteiger partial charge in [0.05, 0.1) is 0 Å². The molecule has 0 fully saturated rings. The van der Waals surface area contributed by atoms with Crippen molar-refractivity contribution in [2.45, 2.75) is 26.6 Å². The van der Waals surface area contributed by atoms with E-state index in [1.54, 1.807) is 19.2 Å². The van der Waals surface area contributed by atoms with E-state index in [9.17, 15) is 4.39 Å². The SMILES string of the molecule is CCN(C)Cc1cccc(CNC(=NC)NCc2ccc(F)cc2)c1.I. The van der Waals surface area contributed by atoms with Crippen LogP contribution in [0.25, 0.3) is 0 Å². The van der Waals surface area contributed by atoms with Crippen molar-refractivity contribution in [2.24, 2.45) is 4.99 Å². The van der Waals surface area contributed by atoms with Crippen LogP contribution < -0.4 is 10.6 Å². The zero-order valence-corrected chi connectivity index (χ0v) is 18.0. The molecule has 0 radical (unpaired) electrons. The van der Waals surface area contributed by atoms with Crippen molar-refractivity contribution in [3.63, 3.8) is 0 Å². The molecule has 142 valence electrons. The number of guanidine groups is 1. The third kappa shape index (κ3) is 7.70. The molecule has 0 aliphatic heterocycles. The molecule has 0 aromatic heterocycles. The van der Waals surface area contributed by atoms with E-state index in [1.807, 2.05) is 0 Å². The van der Waals surface area contributed by atoms with Crippen LogP contribution >= 0.6 is 24.0 Å². The molecule has 2 N–H and O–H groups in total. The van der Waals surface area contributed by atoms with Crippen LogP contribution in [0, 0.1) is 5.82 Å². The molecule has 0 aliphatic rings. The molecule has 2 aromatic carbocycles. The lowest BCUT2D eigenvalue weighted by Gasteiger charge is -2.15. The van der Waals surface area contributed by atoms with Gasteiger partial charge in [-0.3, -0.25) is 4.99 Å². The van der Waals surface area contributed by atoms with Crippen molar-refractivity contribution >= 4 is 29.9 Å². The van der Waals surface area contributed by atoms with E-state index in [0.29, 0.717) is 13.1 Å². The highest BCUT2D eigenvalue weighted by Gasteiger charge is 2.02. The minimum atomic E-state index is -0.222. The highest BCUT2D eigenvalue weighted by molar-refractivity contribution is 14.0. The van der Waals surface area contributed by atoms with Crippen molar-refractivity contribution in [1.29, 1.82) is 0 Å². The number of hydrogen-bond acceptors (Lipinski definition) is 2. The summed E-state index contributed by atoms with van der Waals surface area (Å²) in [4.78, 5) is 6.51. The lowest BCUT2D eigenvalue weighted by Crippen LogP contribution is -2.36. The van der Waals surface area contributed by atoms with Gasteiger partial charge in [0.1, 0.15) is 5.82 Å². The molecule has 0 aliphatic carbocycles. The molecular formula is C20H28FIN4. The summed E-state index contributed by atoms with van der Waals surface area (Å²) in [5.41, 5.74) is 3.53. The summed E-state index contributed by atoms with van der Waals surface area (Å²) in [5, 5.41) is 6.55. The average molecular weight is 470 g/mol. The van der Waals surface area contributed by atoms with E-state index in [2.05, 4.69) is 58.8 Å². The summed E-state index contributed by atoms with van der Waals surface area (Å²) in [6, 6.07) is 15.0. The lowest BCUT2D eigenvalue weighted by atomic mass is 10.1. The quantitative estimate of drug-likeness (QED) is 0.368. The van der Waals surface area contributed by atoms with Gasteiger partial charge in [-0.25, -0.2) is 4.39 Å². The van der Waals surface area contributed by atoms with Gasteiger partial charge in [-0.2, -0.15) is 0 Å². The van der Waals surface area contributed by atoms with Crippen LogP contribution in [0.1, 0.15) is 23.6 Å². The monoisotopic (exact) mass is 470 g/mol. The van der Waals surface area contributed by atoms with Gasteiger partial charge in [0.15, 0.2) is 5.96 Å². The second kappa shape index (κ2) is 11.9. The van der Waals surface area contributed by atoms with Crippen LogP contribution in [0.4, 0.5) is 4.39 Å². The van der Waals surface area contributed by atoms with Gasteiger partial charge in [0.25, 0.3) is 0 Å². The molecule has 2 rings (SSSR count). The first-order valence-electron chi connectivity index (χ1n) is 8.56. The van der Waals surface area contributed by atoms with Crippen LogP contribution in [0.15, 0.2) is 53.5 Å². The Hall–Kier alpha value is -1.67. The number of hydrogen-bond donors (Lipinski definition) is 2. The van der Waals surface area contributed by atoms with Crippen molar-refractivity contribution in [3.05, 3.63) is 71.0 Å². The zero-order valence-electron chi connectivity index (χ0n) is 15.6. The normalized spacial score (nSPS) is 11.2. The third-order valence-electron chi connectivity index (χ3n) is 4.04. The summed E-state index contributed by atoms with van der Waals surface area (Å²) >= 11 is 0. The molecule has 0 atom stereocenters. The lowest BCUT2D eigenvalue weighted by molar-refractivity contribution is 0.345. The number of rotatable bonds is 7. The van der Waals surface area contributed by atoms with Crippen LogP contribution in [-0.2, 0) is 19.6 Å². The van der Waals surface area contributed by atoms with Crippen molar-refractivity contribution in [3.8, 4) is 0 Å². The fraction of sp³-hybridized carbons (Fsp3) is 0.350. The maximum atomic E-state index is 12.9. The number of aliphatic imine (C=N–C) groups is 1. The standard InChI is InChI=1S/C20H27FN4.HI/c1-4-25(3)15-18-7-5-6-17(12-18)14-24-20(22-2)23-13-16-8-10-19(21)11-9-16;/h5-12H,4,13-15H2,1-3H3,(H2,22,23,24);1H. The first kappa shape index (κ1) is 22.4. The highest BCUT2D eigenvalue weighted by atomic mass is 127. The highest BCUT2D eigenvalue weighted by Crippen LogP contribution is 2.07. The second-order valence-electron chi connectivity index (χ2n) is 6.06. The summed E-state index contributed by atoms with van der Waals surface area (Å²) in [5.74, 6) is 0.500. The summed E-state index contributed by atoms with van der Waals surface area (Å²) in [6.45, 7) is 5.43. The molecule has 6 heteroatoms.